The quantitative estimate of drug-likeness (QED) is 0.823. The van der Waals surface area contributed by atoms with Crippen LogP contribution in [0.15, 0.2) is 23.1 Å². The average molecular weight is 264 g/mol. The zero-order chi connectivity index (χ0) is 13.0. The highest BCUT2D eigenvalue weighted by Crippen LogP contribution is 2.33. The molecule has 2 N–H and O–H groups in total. The maximum absolute atomic E-state index is 5.98. The van der Waals surface area contributed by atoms with E-state index in [4.69, 9.17) is 5.73 Å². The summed E-state index contributed by atoms with van der Waals surface area (Å²) in [5.74, 6) is 1.10. The smallest absolute Gasteiger partial charge is 0.0422 e. The van der Waals surface area contributed by atoms with E-state index in [1.807, 2.05) is 11.8 Å². The number of anilines is 1. The van der Waals surface area contributed by atoms with Gasteiger partial charge >= 0.3 is 0 Å². The first-order chi connectivity index (χ1) is 8.77. The first-order valence-electron chi connectivity index (χ1n) is 6.95. The monoisotopic (exact) mass is 264 g/mol. The van der Waals surface area contributed by atoms with Gasteiger partial charge in [-0.3, -0.25) is 0 Å². The zero-order valence-electron chi connectivity index (χ0n) is 11.5. The van der Waals surface area contributed by atoms with Crippen LogP contribution in [0.4, 0.5) is 5.69 Å². The van der Waals surface area contributed by atoms with Gasteiger partial charge in [-0.2, -0.15) is 0 Å². The molecule has 0 aliphatic heterocycles. The van der Waals surface area contributed by atoms with Crippen molar-refractivity contribution in [1.82, 2.24) is 0 Å². The summed E-state index contributed by atoms with van der Waals surface area (Å²) in [4.78, 5) is 3.80. The molecule has 0 radical (unpaired) electrons. The fourth-order valence-electron chi connectivity index (χ4n) is 2.87. The van der Waals surface area contributed by atoms with Gasteiger partial charge in [0, 0.05) is 35.8 Å². The highest BCUT2D eigenvalue weighted by Gasteiger charge is 2.22. The Kier molecular flexibility index (Phi) is 4.95. The van der Waals surface area contributed by atoms with E-state index in [0.29, 0.717) is 12.6 Å². The van der Waals surface area contributed by atoms with Crippen LogP contribution in [0.2, 0.25) is 0 Å². The van der Waals surface area contributed by atoms with Gasteiger partial charge in [0.25, 0.3) is 0 Å². The molecular weight excluding hydrogens is 240 g/mol. The van der Waals surface area contributed by atoms with E-state index in [9.17, 15) is 0 Å². The molecule has 2 nitrogen and oxygen atoms in total. The van der Waals surface area contributed by atoms with Crippen LogP contribution in [0.25, 0.3) is 0 Å². The van der Waals surface area contributed by atoms with Gasteiger partial charge in [0.15, 0.2) is 0 Å². The lowest BCUT2D eigenvalue weighted by Gasteiger charge is -2.29. The first-order valence-corrected chi connectivity index (χ1v) is 7.94. The van der Waals surface area contributed by atoms with Crippen LogP contribution in [-0.4, -0.2) is 18.8 Å². The molecule has 100 valence electrons. The van der Waals surface area contributed by atoms with Crippen molar-refractivity contribution in [3.8, 4) is 0 Å². The van der Waals surface area contributed by atoms with Crippen LogP contribution in [0.1, 0.15) is 38.2 Å². The molecule has 1 fully saturated rings. The van der Waals surface area contributed by atoms with Crippen molar-refractivity contribution in [2.45, 2.75) is 50.1 Å². The van der Waals surface area contributed by atoms with Crippen LogP contribution in [0.3, 0.4) is 0 Å². The van der Waals surface area contributed by atoms with E-state index in [2.05, 4.69) is 37.1 Å². The predicted molar refractivity (Wildman–Crippen MR) is 81.4 cm³/mol. The summed E-state index contributed by atoms with van der Waals surface area (Å²) in [5.41, 5.74) is 8.63. The number of rotatable bonds is 5. The number of benzene rings is 1. The molecule has 0 heterocycles. The van der Waals surface area contributed by atoms with Crippen molar-refractivity contribution < 1.29 is 0 Å². The van der Waals surface area contributed by atoms with Gasteiger partial charge in [0.2, 0.25) is 0 Å². The van der Waals surface area contributed by atoms with E-state index in [1.54, 1.807) is 0 Å². The van der Waals surface area contributed by atoms with Crippen LogP contribution in [-0.2, 0) is 6.54 Å². The Morgan fingerprint density at radius 3 is 2.67 bits per heavy atom. The highest BCUT2D eigenvalue weighted by atomic mass is 32.2. The summed E-state index contributed by atoms with van der Waals surface area (Å²) < 4.78 is 0. The molecule has 1 aromatic rings. The van der Waals surface area contributed by atoms with E-state index < -0.39 is 0 Å². The predicted octanol–water partition coefficient (Wildman–Crippen LogP) is 3.64. The largest absolute Gasteiger partial charge is 0.371 e. The topological polar surface area (TPSA) is 29.3 Å². The number of hydrogen-bond donors (Lipinski definition) is 1. The van der Waals surface area contributed by atoms with Gasteiger partial charge in [0.1, 0.15) is 0 Å². The third kappa shape index (κ3) is 2.83. The molecule has 0 amide bonds. The molecular formula is C15H24N2S. The van der Waals surface area contributed by atoms with Crippen LogP contribution in [0, 0.1) is 0 Å². The second kappa shape index (κ2) is 6.48. The molecule has 0 saturated heterocycles. The molecule has 0 atom stereocenters. The minimum atomic E-state index is 0.634. The minimum absolute atomic E-state index is 0.634. The van der Waals surface area contributed by atoms with Crippen molar-refractivity contribution in [2.75, 3.05) is 17.7 Å². The molecule has 0 bridgehead atoms. The third-order valence-electron chi connectivity index (χ3n) is 3.86. The molecule has 0 unspecified atom stereocenters. The normalized spacial score (nSPS) is 16.2. The highest BCUT2D eigenvalue weighted by molar-refractivity contribution is 7.99. The summed E-state index contributed by atoms with van der Waals surface area (Å²) in [6, 6.07) is 7.29. The maximum Gasteiger partial charge on any atom is 0.0422 e. The van der Waals surface area contributed by atoms with Gasteiger partial charge in [-0.25, -0.2) is 0 Å². The molecule has 18 heavy (non-hydrogen) atoms. The van der Waals surface area contributed by atoms with E-state index in [-0.39, 0.29) is 0 Å². The van der Waals surface area contributed by atoms with Crippen molar-refractivity contribution >= 4 is 17.4 Å². The first kappa shape index (κ1) is 13.8. The summed E-state index contributed by atoms with van der Waals surface area (Å²) in [6.07, 6.45) is 5.39. The number of thioether (sulfide) groups is 1. The van der Waals surface area contributed by atoms with Gasteiger partial charge in [-0.15, -0.1) is 11.8 Å². The Hall–Kier alpha value is -0.670. The maximum atomic E-state index is 5.98. The Bertz CT molecular complexity index is 386. The fraction of sp³-hybridized carbons (Fsp3) is 0.600. The SMILES string of the molecule is CCSc1cccc(N(C)C2CCCC2)c1CN. The van der Waals surface area contributed by atoms with E-state index in [0.717, 1.165) is 5.75 Å². The van der Waals surface area contributed by atoms with Crippen molar-refractivity contribution in [2.24, 2.45) is 5.73 Å². The molecule has 1 aliphatic rings. The fourth-order valence-corrected chi connectivity index (χ4v) is 3.72. The van der Waals surface area contributed by atoms with Gasteiger partial charge < -0.3 is 10.6 Å². The van der Waals surface area contributed by atoms with E-state index in [1.165, 1.54) is 41.8 Å². The van der Waals surface area contributed by atoms with E-state index >= 15 is 0 Å². The lowest BCUT2D eigenvalue weighted by molar-refractivity contribution is 0.649. The molecule has 0 spiro atoms. The standard InChI is InChI=1S/C15H24N2S/c1-3-18-15-10-6-9-14(13(15)11-16)17(2)12-7-4-5-8-12/h6,9-10,12H,3-5,7-8,11,16H2,1-2H3. The van der Waals surface area contributed by atoms with Crippen LogP contribution in [0.5, 0.6) is 0 Å². The lowest BCUT2D eigenvalue weighted by atomic mass is 10.1. The summed E-state index contributed by atoms with van der Waals surface area (Å²) in [7, 11) is 2.23. The third-order valence-corrected chi connectivity index (χ3v) is 4.85. The Balaban J connectivity index is 2.27. The molecule has 3 heteroatoms. The van der Waals surface area contributed by atoms with Gasteiger partial charge in [-0.05, 0) is 30.7 Å². The number of hydrogen-bond acceptors (Lipinski definition) is 3. The number of nitrogens with zero attached hydrogens (tertiary/aromatic N) is 1. The molecule has 1 aromatic carbocycles. The molecule has 2 rings (SSSR count). The van der Waals surface area contributed by atoms with Crippen LogP contribution < -0.4 is 10.6 Å². The average Bonchev–Trinajstić information content (AvgIpc) is 2.92. The van der Waals surface area contributed by atoms with Crippen LogP contribution >= 0.6 is 11.8 Å². The Morgan fingerprint density at radius 2 is 2.06 bits per heavy atom. The molecule has 0 aromatic heterocycles. The Morgan fingerprint density at radius 1 is 1.33 bits per heavy atom. The molecule has 1 aliphatic carbocycles. The second-order valence-electron chi connectivity index (χ2n) is 4.94. The van der Waals surface area contributed by atoms with Crippen molar-refractivity contribution in [3.05, 3.63) is 23.8 Å². The van der Waals surface area contributed by atoms with Gasteiger partial charge in [-0.1, -0.05) is 25.8 Å². The van der Waals surface area contributed by atoms with Crippen molar-refractivity contribution in [1.29, 1.82) is 0 Å². The summed E-state index contributed by atoms with van der Waals surface area (Å²) in [6.45, 7) is 2.83. The lowest BCUT2D eigenvalue weighted by Crippen LogP contribution is -2.30. The number of nitrogens with two attached hydrogens (primary N) is 1. The summed E-state index contributed by atoms with van der Waals surface area (Å²) in [5, 5.41) is 0. The van der Waals surface area contributed by atoms with Crippen molar-refractivity contribution in [3.63, 3.8) is 0 Å². The minimum Gasteiger partial charge on any atom is -0.371 e. The zero-order valence-corrected chi connectivity index (χ0v) is 12.3. The Labute approximate surface area is 115 Å². The molecule has 1 saturated carbocycles. The summed E-state index contributed by atoms with van der Waals surface area (Å²) >= 11 is 1.89. The second-order valence-corrected chi connectivity index (χ2v) is 6.25. The van der Waals surface area contributed by atoms with Gasteiger partial charge in [0.05, 0.1) is 0 Å².